The van der Waals surface area contributed by atoms with Gasteiger partial charge in [0.1, 0.15) is 17.8 Å². The van der Waals surface area contributed by atoms with Gasteiger partial charge in [-0.05, 0) is 62.4 Å². The van der Waals surface area contributed by atoms with E-state index in [-0.39, 0.29) is 5.91 Å². The lowest BCUT2D eigenvalue weighted by molar-refractivity contribution is -0.126. The van der Waals surface area contributed by atoms with Crippen LogP contribution in [0.1, 0.15) is 32.6 Å². The van der Waals surface area contributed by atoms with Gasteiger partial charge in [-0.2, -0.15) is 5.26 Å². The summed E-state index contributed by atoms with van der Waals surface area (Å²) >= 11 is 0. The summed E-state index contributed by atoms with van der Waals surface area (Å²) in [5.41, 5.74) is -0.107. The lowest BCUT2D eigenvalue weighted by Crippen LogP contribution is -2.40. The molecule has 0 radical (unpaired) electrons. The number of carbonyl (C=O) groups is 1. The quantitative estimate of drug-likeness (QED) is 0.872. The minimum Gasteiger partial charge on any atom is -0.492 e. The smallest absolute Gasteiger partial charge is 0.244 e. The van der Waals surface area contributed by atoms with Crippen molar-refractivity contribution in [3.05, 3.63) is 24.3 Å². The molecule has 1 N–H and O–H groups in total. The fourth-order valence-electron chi connectivity index (χ4n) is 3.33. The minimum atomic E-state index is -0.817. The van der Waals surface area contributed by atoms with Gasteiger partial charge in [0.15, 0.2) is 0 Å². The number of benzene rings is 1. The van der Waals surface area contributed by atoms with E-state index in [9.17, 15) is 10.1 Å². The highest BCUT2D eigenvalue weighted by molar-refractivity contribution is 5.97. The zero-order valence-corrected chi connectivity index (χ0v) is 14.3. The van der Waals surface area contributed by atoms with Crippen molar-refractivity contribution in [1.29, 1.82) is 5.26 Å². The van der Waals surface area contributed by atoms with Gasteiger partial charge in [-0.3, -0.25) is 9.69 Å². The molecule has 128 valence electrons. The van der Waals surface area contributed by atoms with Crippen molar-refractivity contribution in [3.8, 4) is 11.8 Å². The predicted octanol–water partition coefficient (Wildman–Crippen LogP) is 3.04. The molecule has 5 heteroatoms. The maximum Gasteiger partial charge on any atom is 0.244 e. The van der Waals surface area contributed by atoms with Gasteiger partial charge in [0, 0.05) is 18.8 Å². The first-order valence-corrected chi connectivity index (χ1v) is 8.79. The number of likely N-dealkylation sites (tertiary alicyclic amines) is 1. The van der Waals surface area contributed by atoms with Crippen LogP contribution in [0.4, 0.5) is 5.69 Å². The van der Waals surface area contributed by atoms with Crippen LogP contribution in [0.25, 0.3) is 0 Å². The lowest BCUT2D eigenvalue weighted by Gasteiger charge is -2.33. The molecule has 1 aliphatic heterocycles. The number of amides is 1. The number of hydrogen-bond acceptors (Lipinski definition) is 4. The van der Waals surface area contributed by atoms with E-state index in [1.807, 2.05) is 24.3 Å². The summed E-state index contributed by atoms with van der Waals surface area (Å²) in [6, 6.07) is 9.55. The molecule has 0 spiro atoms. The molecule has 24 heavy (non-hydrogen) atoms. The zero-order valence-electron chi connectivity index (χ0n) is 14.3. The van der Waals surface area contributed by atoms with E-state index in [1.165, 1.54) is 6.42 Å². The number of nitrogens with one attached hydrogen (secondary N) is 1. The van der Waals surface area contributed by atoms with Crippen LogP contribution < -0.4 is 10.1 Å². The van der Waals surface area contributed by atoms with Gasteiger partial charge in [-0.25, -0.2) is 0 Å². The topological polar surface area (TPSA) is 65.4 Å². The van der Waals surface area contributed by atoms with Gasteiger partial charge in [0.2, 0.25) is 5.91 Å². The molecule has 0 aromatic heterocycles. The molecule has 1 atom stereocenters. The van der Waals surface area contributed by atoms with Gasteiger partial charge < -0.3 is 10.1 Å². The summed E-state index contributed by atoms with van der Waals surface area (Å²) < 4.78 is 5.78. The van der Waals surface area contributed by atoms with E-state index in [4.69, 9.17) is 4.74 Å². The van der Waals surface area contributed by atoms with Crippen molar-refractivity contribution in [2.45, 2.75) is 32.6 Å². The number of rotatable bonds is 6. The minimum absolute atomic E-state index is 0.187. The highest BCUT2D eigenvalue weighted by atomic mass is 16.5. The molecule has 0 bridgehead atoms. The predicted molar refractivity (Wildman–Crippen MR) is 92.7 cm³/mol. The molecule has 1 saturated carbocycles. The van der Waals surface area contributed by atoms with Crippen LogP contribution in [0, 0.1) is 22.7 Å². The van der Waals surface area contributed by atoms with E-state index in [1.54, 1.807) is 0 Å². The van der Waals surface area contributed by atoms with Gasteiger partial charge in [0.25, 0.3) is 0 Å². The average molecular weight is 327 g/mol. The first-order valence-electron chi connectivity index (χ1n) is 8.79. The first-order chi connectivity index (χ1) is 11.6. The van der Waals surface area contributed by atoms with Crippen LogP contribution >= 0.6 is 0 Å². The van der Waals surface area contributed by atoms with Gasteiger partial charge in [-0.15, -0.1) is 0 Å². The summed E-state index contributed by atoms with van der Waals surface area (Å²) in [4.78, 5) is 14.6. The molecule has 1 amide bonds. The highest BCUT2D eigenvalue weighted by Gasteiger charge is 2.44. The van der Waals surface area contributed by atoms with Crippen molar-refractivity contribution < 1.29 is 9.53 Å². The second-order valence-corrected chi connectivity index (χ2v) is 7.07. The third-order valence-electron chi connectivity index (χ3n) is 5.15. The summed E-state index contributed by atoms with van der Waals surface area (Å²) in [6.07, 6.45) is 3.54. The lowest BCUT2D eigenvalue weighted by atomic mass is 9.69. The summed E-state index contributed by atoms with van der Waals surface area (Å²) in [5.74, 6) is 1.41. The largest absolute Gasteiger partial charge is 0.492 e. The number of nitriles is 1. The molecule has 1 aromatic carbocycles. The molecular weight excluding hydrogens is 302 g/mol. The molecule has 1 saturated heterocycles. The summed E-state index contributed by atoms with van der Waals surface area (Å²) in [7, 11) is 0. The van der Waals surface area contributed by atoms with Crippen molar-refractivity contribution in [3.63, 3.8) is 0 Å². The third-order valence-corrected chi connectivity index (χ3v) is 5.15. The number of hydrogen-bond donors (Lipinski definition) is 1. The molecule has 2 aliphatic rings. The van der Waals surface area contributed by atoms with Crippen LogP contribution in [0.2, 0.25) is 0 Å². The molecule has 2 fully saturated rings. The number of anilines is 1. The molecule has 1 aromatic rings. The first kappa shape index (κ1) is 16.8. The monoisotopic (exact) mass is 327 g/mol. The Morgan fingerprint density at radius 3 is 2.71 bits per heavy atom. The summed E-state index contributed by atoms with van der Waals surface area (Å²) in [5, 5.41) is 12.0. The fraction of sp³-hybridized carbons (Fsp3) is 0.579. The number of ether oxygens (including phenoxy) is 1. The SMILES string of the molecule is CC1CCN(CCOc2ccc(NC(=O)C3(C#N)CCC3)cc2)C1. The van der Waals surface area contributed by atoms with Crippen LogP contribution in [0.15, 0.2) is 24.3 Å². The molecular formula is C19H25N3O2. The van der Waals surface area contributed by atoms with Crippen LogP contribution in [0.3, 0.4) is 0 Å². The fourth-order valence-corrected chi connectivity index (χ4v) is 3.33. The van der Waals surface area contributed by atoms with E-state index in [0.29, 0.717) is 25.1 Å². The third kappa shape index (κ3) is 3.70. The van der Waals surface area contributed by atoms with Crippen molar-refractivity contribution >= 4 is 11.6 Å². The van der Waals surface area contributed by atoms with Crippen molar-refractivity contribution in [2.24, 2.45) is 11.3 Å². The maximum absolute atomic E-state index is 12.2. The van der Waals surface area contributed by atoms with Gasteiger partial charge >= 0.3 is 0 Å². The second kappa shape index (κ2) is 7.23. The van der Waals surface area contributed by atoms with Crippen LogP contribution in [-0.4, -0.2) is 37.0 Å². The molecule has 1 unspecified atom stereocenters. The van der Waals surface area contributed by atoms with Crippen LogP contribution in [0.5, 0.6) is 5.75 Å². The van der Waals surface area contributed by atoms with Crippen molar-refractivity contribution in [1.82, 2.24) is 4.90 Å². The second-order valence-electron chi connectivity index (χ2n) is 7.07. The Bertz CT molecular complexity index is 616. The average Bonchev–Trinajstić information content (AvgIpc) is 2.94. The van der Waals surface area contributed by atoms with E-state index in [2.05, 4.69) is 23.2 Å². The van der Waals surface area contributed by atoms with E-state index >= 15 is 0 Å². The Labute approximate surface area is 143 Å². The van der Waals surface area contributed by atoms with E-state index < -0.39 is 5.41 Å². The molecule has 5 nitrogen and oxygen atoms in total. The van der Waals surface area contributed by atoms with E-state index in [0.717, 1.165) is 37.7 Å². The maximum atomic E-state index is 12.2. The molecule has 3 rings (SSSR count). The normalized spacial score (nSPS) is 22.4. The molecule has 1 heterocycles. The number of carbonyl (C=O) groups excluding carboxylic acids is 1. The van der Waals surface area contributed by atoms with Gasteiger partial charge in [-0.1, -0.05) is 6.92 Å². The Balaban J connectivity index is 1.45. The highest BCUT2D eigenvalue weighted by Crippen LogP contribution is 2.41. The molecule has 1 aliphatic carbocycles. The Morgan fingerprint density at radius 2 is 2.17 bits per heavy atom. The van der Waals surface area contributed by atoms with Crippen LogP contribution in [-0.2, 0) is 4.79 Å². The van der Waals surface area contributed by atoms with Crippen molar-refractivity contribution in [2.75, 3.05) is 31.6 Å². The number of nitrogens with zero attached hydrogens (tertiary/aromatic N) is 2. The standard InChI is InChI=1S/C19H25N3O2/c1-15-7-10-22(13-15)11-12-24-17-5-3-16(4-6-17)21-18(23)19(14-20)8-2-9-19/h3-6,15H,2,7-13H2,1H3,(H,21,23). The van der Waals surface area contributed by atoms with Gasteiger partial charge in [0.05, 0.1) is 6.07 Å². The Hall–Kier alpha value is -2.06. The Kier molecular flexibility index (Phi) is 5.06. The Morgan fingerprint density at radius 1 is 1.42 bits per heavy atom. The summed E-state index contributed by atoms with van der Waals surface area (Å²) in [6.45, 7) is 6.24. The zero-order chi connectivity index (χ0) is 17.0.